The van der Waals surface area contributed by atoms with Gasteiger partial charge in [-0.1, -0.05) is 76.9 Å². The van der Waals surface area contributed by atoms with Gasteiger partial charge in [-0.05, 0) is 32.1 Å². The van der Waals surface area contributed by atoms with Gasteiger partial charge in [0.2, 0.25) is 6.33 Å². The third-order valence-electron chi connectivity index (χ3n) is 4.86. The van der Waals surface area contributed by atoms with Crippen LogP contribution in [0.4, 0.5) is 0 Å². The van der Waals surface area contributed by atoms with Gasteiger partial charge in [0.15, 0.2) is 6.73 Å². The molecule has 0 fully saturated rings. The highest BCUT2D eigenvalue weighted by Gasteiger charge is 1.99. The molecule has 0 unspecified atom stereocenters. The Labute approximate surface area is 162 Å². The molecule has 0 spiro atoms. The van der Waals surface area contributed by atoms with Crippen molar-refractivity contribution in [1.29, 1.82) is 0 Å². The number of ether oxygens (including phenoxy) is 1. The van der Waals surface area contributed by atoms with Crippen LogP contribution < -0.4 is 4.57 Å². The number of aryl methyl sites for hydroxylation is 1. The van der Waals surface area contributed by atoms with E-state index in [0.29, 0.717) is 6.73 Å². The third-order valence-corrected chi connectivity index (χ3v) is 4.86. The second-order valence-electron chi connectivity index (χ2n) is 7.57. The van der Waals surface area contributed by atoms with Gasteiger partial charge in [0.25, 0.3) is 0 Å². The van der Waals surface area contributed by atoms with Crippen LogP contribution in [0.25, 0.3) is 0 Å². The lowest BCUT2D eigenvalue weighted by Gasteiger charge is -2.02. The van der Waals surface area contributed by atoms with E-state index >= 15 is 0 Å². The standard InChI is InChI=1S/C23H43N2O/c1-3-4-5-6-7-8-9-10-11-12-13-14-15-16-17-18-21-26-23-25-20-19-24(2)22-25/h10-11,19-20,22H,3-9,12-18,21,23H2,1-2H3/q+1. The van der Waals surface area contributed by atoms with E-state index in [1.54, 1.807) is 0 Å². The van der Waals surface area contributed by atoms with Crippen molar-refractivity contribution < 1.29 is 9.30 Å². The minimum Gasteiger partial charge on any atom is -0.342 e. The molecular formula is C23H43N2O+. The molecule has 0 saturated carbocycles. The van der Waals surface area contributed by atoms with Crippen LogP contribution >= 0.6 is 0 Å². The molecule has 1 heterocycles. The van der Waals surface area contributed by atoms with E-state index in [0.717, 1.165) is 6.61 Å². The molecule has 0 N–H and O–H groups in total. The summed E-state index contributed by atoms with van der Waals surface area (Å²) in [5.41, 5.74) is 0. The van der Waals surface area contributed by atoms with Gasteiger partial charge in [0, 0.05) is 0 Å². The lowest BCUT2D eigenvalue weighted by Crippen LogP contribution is -2.23. The summed E-state index contributed by atoms with van der Waals surface area (Å²) in [6.07, 6.45) is 29.8. The fraction of sp³-hybridized carbons (Fsp3) is 0.783. The van der Waals surface area contributed by atoms with Gasteiger partial charge in [-0.15, -0.1) is 0 Å². The molecule has 0 aliphatic rings. The largest absolute Gasteiger partial charge is 0.342 e. The average Bonchev–Trinajstić information content (AvgIpc) is 3.06. The number of nitrogens with zero attached hydrogens (tertiary/aromatic N) is 2. The fourth-order valence-electron chi connectivity index (χ4n) is 3.20. The minimum atomic E-state index is 0.673. The summed E-state index contributed by atoms with van der Waals surface area (Å²) in [5, 5.41) is 0. The Bertz CT molecular complexity index is 439. The van der Waals surface area contributed by atoms with Gasteiger partial charge >= 0.3 is 0 Å². The van der Waals surface area contributed by atoms with Gasteiger partial charge in [0.1, 0.15) is 12.4 Å². The van der Waals surface area contributed by atoms with E-state index in [4.69, 9.17) is 4.74 Å². The van der Waals surface area contributed by atoms with Crippen LogP contribution in [0.3, 0.4) is 0 Å². The predicted molar refractivity (Wildman–Crippen MR) is 111 cm³/mol. The van der Waals surface area contributed by atoms with Crippen molar-refractivity contribution in [2.24, 2.45) is 7.05 Å². The Balaban J connectivity index is 1.73. The van der Waals surface area contributed by atoms with Crippen LogP contribution in [-0.4, -0.2) is 11.2 Å². The average molecular weight is 364 g/mol. The van der Waals surface area contributed by atoms with Crippen LogP contribution in [0.1, 0.15) is 96.8 Å². The third kappa shape index (κ3) is 14.1. The first-order chi connectivity index (χ1) is 12.8. The van der Waals surface area contributed by atoms with Gasteiger partial charge < -0.3 is 4.74 Å². The van der Waals surface area contributed by atoms with Crippen molar-refractivity contribution in [3.05, 3.63) is 30.9 Å². The second-order valence-corrected chi connectivity index (χ2v) is 7.57. The normalized spacial score (nSPS) is 11.6. The van der Waals surface area contributed by atoms with Crippen LogP contribution in [0, 0.1) is 0 Å². The molecule has 0 aliphatic heterocycles. The molecule has 0 aliphatic carbocycles. The number of allylic oxidation sites excluding steroid dienone is 2. The molecule has 0 saturated heterocycles. The Kier molecular flexibility index (Phi) is 15.3. The Morgan fingerprint density at radius 2 is 1.38 bits per heavy atom. The SMILES string of the molecule is CCCCCCCCC=CCCCCCCCCOCn1cc[n+](C)c1. The van der Waals surface area contributed by atoms with Crippen molar-refractivity contribution in [2.45, 2.75) is 104 Å². The number of imidazole rings is 1. The molecule has 0 amide bonds. The molecule has 3 heteroatoms. The molecule has 0 radical (unpaired) electrons. The van der Waals surface area contributed by atoms with Gasteiger partial charge in [-0.25, -0.2) is 9.13 Å². The molecule has 0 aromatic carbocycles. The van der Waals surface area contributed by atoms with E-state index < -0.39 is 0 Å². The minimum absolute atomic E-state index is 0.673. The molecular weight excluding hydrogens is 320 g/mol. The maximum atomic E-state index is 5.69. The van der Waals surface area contributed by atoms with Crippen molar-refractivity contribution in [1.82, 2.24) is 4.57 Å². The van der Waals surface area contributed by atoms with Gasteiger partial charge in [0.05, 0.1) is 13.7 Å². The quantitative estimate of drug-likeness (QED) is 0.169. The molecule has 0 atom stereocenters. The number of rotatable bonds is 18. The molecule has 0 bridgehead atoms. The van der Waals surface area contributed by atoms with E-state index in [1.807, 2.05) is 30.3 Å². The summed E-state index contributed by atoms with van der Waals surface area (Å²) in [5.74, 6) is 0. The first-order valence-electron chi connectivity index (χ1n) is 11.1. The summed E-state index contributed by atoms with van der Waals surface area (Å²) in [6, 6.07) is 0. The number of aromatic nitrogens is 2. The lowest BCUT2D eigenvalue weighted by molar-refractivity contribution is -0.671. The van der Waals surface area contributed by atoms with Crippen molar-refractivity contribution in [2.75, 3.05) is 6.61 Å². The number of hydrogen-bond donors (Lipinski definition) is 0. The first kappa shape index (κ1) is 23.0. The summed E-state index contributed by atoms with van der Waals surface area (Å²) < 4.78 is 9.80. The van der Waals surface area contributed by atoms with Gasteiger partial charge in [-0.2, -0.15) is 0 Å². The fourth-order valence-corrected chi connectivity index (χ4v) is 3.20. The zero-order chi connectivity index (χ0) is 18.7. The molecule has 1 aromatic rings. The topological polar surface area (TPSA) is 18.0 Å². The lowest BCUT2D eigenvalue weighted by atomic mass is 10.1. The van der Waals surface area contributed by atoms with Crippen LogP contribution in [0.2, 0.25) is 0 Å². The molecule has 3 nitrogen and oxygen atoms in total. The molecule has 26 heavy (non-hydrogen) atoms. The van der Waals surface area contributed by atoms with Crippen LogP contribution in [0.5, 0.6) is 0 Å². The zero-order valence-electron chi connectivity index (χ0n) is 17.5. The van der Waals surface area contributed by atoms with E-state index in [-0.39, 0.29) is 0 Å². The van der Waals surface area contributed by atoms with Crippen molar-refractivity contribution in [3.8, 4) is 0 Å². The zero-order valence-corrected chi connectivity index (χ0v) is 17.5. The summed E-state index contributed by atoms with van der Waals surface area (Å²) in [6.45, 7) is 3.83. The maximum absolute atomic E-state index is 5.69. The van der Waals surface area contributed by atoms with Gasteiger partial charge in [-0.3, -0.25) is 0 Å². The molecule has 1 aromatic heterocycles. The van der Waals surface area contributed by atoms with Crippen LogP contribution in [0.15, 0.2) is 30.9 Å². The highest BCUT2D eigenvalue weighted by Crippen LogP contribution is 2.10. The maximum Gasteiger partial charge on any atom is 0.245 e. The molecule has 150 valence electrons. The van der Waals surface area contributed by atoms with E-state index in [2.05, 4.69) is 23.6 Å². The summed E-state index contributed by atoms with van der Waals surface area (Å²) in [4.78, 5) is 0. The Morgan fingerprint density at radius 1 is 0.808 bits per heavy atom. The van der Waals surface area contributed by atoms with Crippen molar-refractivity contribution >= 4 is 0 Å². The Hall–Kier alpha value is -1.09. The number of unbranched alkanes of at least 4 members (excludes halogenated alkanes) is 12. The highest BCUT2D eigenvalue weighted by molar-refractivity contribution is 4.81. The second kappa shape index (κ2) is 17.3. The van der Waals surface area contributed by atoms with Crippen molar-refractivity contribution in [3.63, 3.8) is 0 Å². The van der Waals surface area contributed by atoms with E-state index in [1.165, 1.54) is 89.9 Å². The van der Waals surface area contributed by atoms with E-state index in [9.17, 15) is 0 Å². The van der Waals surface area contributed by atoms with Crippen LogP contribution in [-0.2, 0) is 18.5 Å². The first-order valence-corrected chi connectivity index (χ1v) is 11.1. The molecule has 1 rings (SSSR count). The smallest absolute Gasteiger partial charge is 0.245 e. The number of hydrogen-bond acceptors (Lipinski definition) is 1. The highest BCUT2D eigenvalue weighted by atomic mass is 16.5. The summed E-state index contributed by atoms with van der Waals surface area (Å²) >= 11 is 0. The Morgan fingerprint density at radius 3 is 1.96 bits per heavy atom. The monoisotopic (exact) mass is 363 g/mol. The predicted octanol–water partition coefficient (Wildman–Crippen LogP) is 6.32. The summed E-state index contributed by atoms with van der Waals surface area (Å²) in [7, 11) is 2.03.